The summed E-state index contributed by atoms with van der Waals surface area (Å²) in [7, 11) is -3.88. The maximum Gasteiger partial charge on any atom is 0.264 e. The molecule has 174 valence electrons. The lowest BCUT2D eigenvalue weighted by Gasteiger charge is -2.23. The lowest BCUT2D eigenvalue weighted by molar-refractivity contribution is -0.117. The Hall–Kier alpha value is -3.76. The molecule has 4 aromatic rings. The van der Waals surface area contributed by atoms with Crippen molar-refractivity contribution in [3.8, 4) is 11.4 Å². The first kappa shape index (κ1) is 23.4. The summed E-state index contributed by atoms with van der Waals surface area (Å²) in [6.45, 7) is 1.76. The minimum atomic E-state index is -3.88. The number of sulfonamides is 1. The summed E-state index contributed by atoms with van der Waals surface area (Å²) in [5, 5.41) is 14.9. The first-order valence-corrected chi connectivity index (χ1v) is 12.2. The van der Waals surface area contributed by atoms with Gasteiger partial charge in [-0.2, -0.15) is 4.80 Å². The van der Waals surface area contributed by atoms with E-state index in [1.54, 1.807) is 31.2 Å². The normalized spacial score (nSPS) is 11.2. The Balaban J connectivity index is 1.52. The average molecular weight is 497 g/mol. The average Bonchev–Trinajstić information content (AvgIpc) is 3.30. The van der Waals surface area contributed by atoms with Crippen molar-refractivity contribution in [2.45, 2.75) is 18.4 Å². The number of halogens is 1. The van der Waals surface area contributed by atoms with Crippen LogP contribution in [0.1, 0.15) is 6.92 Å². The molecule has 1 heterocycles. The van der Waals surface area contributed by atoms with Gasteiger partial charge in [0.2, 0.25) is 11.7 Å². The number of hydrogen-bond acceptors (Lipinski definition) is 6. The Bertz CT molecular complexity index is 1390. The lowest BCUT2D eigenvalue weighted by Crippen LogP contribution is -2.30. The molecule has 0 unspecified atom stereocenters. The van der Waals surface area contributed by atoms with Crippen LogP contribution >= 0.6 is 11.6 Å². The summed E-state index contributed by atoms with van der Waals surface area (Å²) in [5.41, 5.74) is 1.48. The summed E-state index contributed by atoms with van der Waals surface area (Å²) in [4.78, 5) is 13.8. The van der Waals surface area contributed by atoms with Gasteiger partial charge in [0.05, 0.1) is 21.3 Å². The SMILES string of the molecule is CCN(c1ccccc1)S(=O)(=O)c1ccc(Cl)c(NC(=O)Cn2nnc(-c3ccccc3)n2)c1. The van der Waals surface area contributed by atoms with Crippen LogP contribution in [0.3, 0.4) is 0 Å². The summed E-state index contributed by atoms with van der Waals surface area (Å²) in [6.07, 6.45) is 0. The van der Waals surface area contributed by atoms with Gasteiger partial charge >= 0.3 is 0 Å². The molecule has 34 heavy (non-hydrogen) atoms. The molecule has 0 saturated carbocycles. The molecule has 1 amide bonds. The van der Waals surface area contributed by atoms with E-state index in [1.165, 1.54) is 22.5 Å². The van der Waals surface area contributed by atoms with E-state index in [0.717, 1.165) is 10.4 Å². The van der Waals surface area contributed by atoms with Crippen molar-refractivity contribution in [3.05, 3.63) is 83.9 Å². The van der Waals surface area contributed by atoms with Crippen LogP contribution in [0.25, 0.3) is 11.4 Å². The largest absolute Gasteiger partial charge is 0.323 e. The van der Waals surface area contributed by atoms with E-state index in [9.17, 15) is 13.2 Å². The second kappa shape index (κ2) is 10.0. The molecule has 11 heteroatoms. The van der Waals surface area contributed by atoms with Crippen LogP contribution in [0.5, 0.6) is 0 Å². The van der Waals surface area contributed by atoms with Gasteiger partial charge in [-0.25, -0.2) is 8.42 Å². The molecule has 0 saturated heterocycles. The second-order valence-corrected chi connectivity index (χ2v) is 9.47. The number of nitrogens with one attached hydrogen (secondary N) is 1. The van der Waals surface area contributed by atoms with Crippen molar-refractivity contribution < 1.29 is 13.2 Å². The van der Waals surface area contributed by atoms with Crippen LogP contribution in [0.2, 0.25) is 5.02 Å². The third-order valence-electron chi connectivity index (χ3n) is 4.90. The minimum Gasteiger partial charge on any atom is -0.323 e. The van der Waals surface area contributed by atoms with Crippen molar-refractivity contribution in [1.29, 1.82) is 0 Å². The van der Waals surface area contributed by atoms with E-state index >= 15 is 0 Å². The predicted molar refractivity (Wildman–Crippen MR) is 130 cm³/mol. The summed E-state index contributed by atoms with van der Waals surface area (Å²) < 4.78 is 27.8. The zero-order valence-electron chi connectivity index (χ0n) is 18.2. The zero-order valence-corrected chi connectivity index (χ0v) is 19.7. The van der Waals surface area contributed by atoms with Crippen LogP contribution in [0.15, 0.2) is 83.8 Å². The van der Waals surface area contributed by atoms with Crippen molar-refractivity contribution >= 4 is 38.9 Å². The highest BCUT2D eigenvalue weighted by Gasteiger charge is 2.24. The number of aromatic nitrogens is 4. The third kappa shape index (κ3) is 5.08. The van der Waals surface area contributed by atoms with Gasteiger partial charge in [0.25, 0.3) is 10.0 Å². The summed E-state index contributed by atoms with van der Waals surface area (Å²) in [6, 6.07) is 22.2. The fourth-order valence-corrected chi connectivity index (χ4v) is 4.97. The second-order valence-electron chi connectivity index (χ2n) is 7.20. The third-order valence-corrected chi connectivity index (χ3v) is 7.13. The number of amides is 1. The molecule has 0 aliphatic heterocycles. The number of nitrogens with zero attached hydrogens (tertiary/aromatic N) is 5. The molecule has 0 spiro atoms. The Morgan fingerprint density at radius 2 is 1.71 bits per heavy atom. The van der Waals surface area contributed by atoms with E-state index in [-0.39, 0.29) is 28.7 Å². The molecule has 3 aromatic carbocycles. The predicted octanol–water partition coefficient (Wildman–Crippen LogP) is 3.85. The van der Waals surface area contributed by atoms with Gasteiger partial charge in [0.1, 0.15) is 6.54 Å². The summed E-state index contributed by atoms with van der Waals surface area (Å²) >= 11 is 6.23. The molecule has 4 rings (SSSR count). The highest BCUT2D eigenvalue weighted by Crippen LogP contribution is 2.29. The molecule has 0 radical (unpaired) electrons. The van der Waals surface area contributed by atoms with Crippen molar-refractivity contribution in [1.82, 2.24) is 20.2 Å². The number of carbonyl (C=O) groups excluding carboxylic acids is 1. The van der Waals surface area contributed by atoms with Crippen LogP contribution < -0.4 is 9.62 Å². The quantitative estimate of drug-likeness (QED) is 0.396. The Labute approximate surface area is 202 Å². The van der Waals surface area contributed by atoms with E-state index in [0.29, 0.717) is 11.5 Å². The van der Waals surface area contributed by atoms with Gasteiger partial charge in [-0.3, -0.25) is 9.10 Å². The molecule has 0 aliphatic carbocycles. The van der Waals surface area contributed by atoms with Gasteiger partial charge in [-0.15, -0.1) is 10.2 Å². The topological polar surface area (TPSA) is 110 Å². The smallest absolute Gasteiger partial charge is 0.264 e. The highest BCUT2D eigenvalue weighted by molar-refractivity contribution is 7.92. The van der Waals surface area contributed by atoms with Crippen LogP contribution in [0, 0.1) is 0 Å². The van der Waals surface area contributed by atoms with Gasteiger partial charge in [-0.05, 0) is 42.5 Å². The van der Waals surface area contributed by atoms with Gasteiger partial charge < -0.3 is 5.32 Å². The molecule has 0 atom stereocenters. The van der Waals surface area contributed by atoms with Crippen LogP contribution in [0.4, 0.5) is 11.4 Å². The van der Waals surface area contributed by atoms with Crippen molar-refractivity contribution in [2.75, 3.05) is 16.2 Å². The Morgan fingerprint density at radius 1 is 1.03 bits per heavy atom. The maximum atomic E-state index is 13.3. The molecule has 0 aliphatic rings. The lowest BCUT2D eigenvalue weighted by atomic mass is 10.2. The zero-order chi connectivity index (χ0) is 24.1. The van der Waals surface area contributed by atoms with Crippen molar-refractivity contribution in [3.63, 3.8) is 0 Å². The fraction of sp³-hybridized carbons (Fsp3) is 0.130. The molecule has 0 bridgehead atoms. The molecule has 0 fully saturated rings. The number of tetrazole rings is 1. The van der Waals surface area contributed by atoms with Crippen LogP contribution in [-0.2, 0) is 21.4 Å². The first-order chi connectivity index (χ1) is 16.4. The number of benzene rings is 3. The maximum absolute atomic E-state index is 13.3. The number of anilines is 2. The molecular weight excluding hydrogens is 476 g/mol. The van der Waals surface area contributed by atoms with E-state index in [2.05, 4.69) is 20.7 Å². The summed E-state index contributed by atoms with van der Waals surface area (Å²) in [5.74, 6) is -0.0936. The molecular formula is C23H21ClN6O3S. The fourth-order valence-electron chi connectivity index (χ4n) is 3.30. The van der Waals surface area contributed by atoms with Gasteiger partial charge in [0.15, 0.2) is 0 Å². The van der Waals surface area contributed by atoms with Gasteiger partial charge in [-0.1, -0.05) is 60.1 Å². The monoisotopic (exact) mass is 496 g/mol. The Kier molecular flexibility index (Phi) is 6.90. The Morgan fingerprint density at radius 3 is 2.38 bits per heavy atom. The number of carbonyl (C=O) groups is 1. The molecule has 9 nitrogen and oxygen atoms in total. The van der Waals surface area contributed by atoms with Crippen LogP contribution in [-0.4, -0.2) is 41.1 Å². The number of rotatable bonds is 8. The first-order valence-electron chi connectivity index (χ1n) is 10.4. The van der Waals surface area contributed by atoms with Crippen molar-refractivity contribution in [2.24, 2.45) is 0 Å². The number of para-hydroxylation sites is 1. The molecule has 1 N–H and O–H groups in total. The van der Waals surface area contributed by atoms with E-state index in [1.807, 2.05) is 36.4 Å². The molecule has 1 aromatic heterocycles. The van der Waals surface area contributed by atoms with E-state index in [4.69, 9.17) is 11.6 Å². The number of hydrogen-bond donors (Lipinski definition) is 1. The van der Waals surface area contributed by atoms with Gasteiger partial charge in [0, 0.05) is 12.1 Å². The standard InChI is InChI=1S/C23H21ClN6O3S/c1-2-29(18-11-7-4-8-12-18)34(32,33)19-13-14-20(24)21(15-19)25-22(31)16-30-27-23(26-28-30)17-9-5-3-6-10-17/h3-15H,2,16H2,1H3,(H,25,31). The van der Waals surface area contributed by atoms with E-state index < -0.39 is 15.9 Å². The highest BCUT2D eigenvalue weighted by atomic mass is 35.5. The minimum absolute atomic E-state index is 0.00291.